The first-order valence-corrected chi connectivity index (χ1v) is 6.10. The second kappa shape index (κ2) is 5.47. The number of nitriles is 1. The minimum atomic E-state index is -0.418. The Balaban J connectivity index is 2.05. The molecule has 1 fully saturated rings. The van der Waals surface area contributed by atoms with Crippen LogP contribution in [0.2, 0.25) is 5.02 Å². The third-order valence-corrected chi connectivity index (χ3v) is 3.29. The first kappa shape index (κ1) is 13.7. The topological polar surface area (TPSA) is 79.3 Å². The van der Waals surface area contributed by atoms with E-state index in [4.69, 9.17) is 27.3 Å². The molecule has 1 aromatic rings. The fourth-order valence-corrected chi connectivity index (χ4v) is 2.24. The number of halogens is 1. The molecule has 5 nitrogen and oxygen atoms in total. The van der Waals surface area contributed by atoms with E-state index >= 15 is 0 Å². The first-order chi connectivity index (χ1) is 9.01. The predicted octanol–water partition coefficient (Wildman–Crippen LogP) is 0.963. The largest absolute Gasteiger partial charge is 0.489 e. The Morgan fingerprint density at radius 1 is 1.63 bits per heavy atom. The highest BCUT2D eigenvalue weighted by Crippen LogP contribution is 2.25. The zero-order chi connectivity index (χ0) is 14.0. The van der Waals surface area contributed by atoms with Crippen molar-refractivity contribution in [3.63, 3.8) is 0 Å². The van der Waals surface area contributed by atoms with Crippen molar-refractivity contribution >= 4 is 17.5 Å². The number of nitrogens with two attached hydrogens (primary N) is 1. The number of ether oxygens (including phenoxy) is 1. The van der Waals surface area contributed by atoms with Crippen molar-refractivity contribution in [2.24, 2.45) is 5.73 Å². The molecule has 1 heterocycles. The molecule has 1 amide bonds. The van der Waals surface area contributed by atoms with Gasteiger partial charge in [0.05, 0.1) is 16.6 Å². The van der Waals surface area contributed by atoms with Gasteiger partial charge in [-0.2, -0.15) is 5.26 Å². The normalized spacial score (nSPS) is 23.0. The van der Waals surface area contributed by atoms with Gasteiger partial charge in [-0.25, -0.2) is 0 Å². The van der Waals surface area contributed by atoms with E-state index in [1.807, 2.05) is 11.0 Å². The van der Waals surface area contributed by atoms with Gasteiger partial charge >= 0.3 is 0 Å². The van der Waals surface area contributed by atoms with E-state index in [2.05, 4.69) is 0 Å². The molecule has 0 bridgehead atoms. The molecule has 99 valence electrons. The summed E-state index contributed by atoms with van der Waals surface area (Å²) in [5.41, 5.74) is 5.68. The maximum atomic E-state index is 11.2. The third-order valence-electron chi connectivity index (χ3n) is 2.98. The number of likely N-dealkylation sites (tertiary alicyclic amines) is 1. The molecule has 0 aliphatic carbocycles. The molecule has 0 spiro atoms. The Labute approximate surface area is 116 Å². The number of carbonyl (C=O) groups excluding carboxylic acids is 1. The van der Waals surface area contributed by atoms with Crippen LogP contribution in [-0.4, -0.2) is 36.5 Å². The van der Waals surface area contributed by atoms with E-state index in [-0.39, 0.29) is 6.10 Å². The van der Waals surface area contributed by atoms with Gasteiger partial charge in [0.25, 0.3) is 0 Å². The van der Waals surface area contributed by atoms with Gasteiger partial charge < -0.3 is 10.5 Å². The van der Waals surface area contributed by atoms with Gasteiger partial charge in [-0.15, -0.1) is 0 Å². The molecule has 2 unspecified atom stereocenters. The Bertz CT molecular complexity index is 541. The number of amides is 1. The molecule has 1 aliphatic heterocycles. The lowest BCUT2D eigenvalue weighted by atomic mass is 10.2. The summed E-state index contributed by atoms with van der Waals surface area (Å²) in [6.07, 6.45) is 1.53. The molecule has 1 aromatic carbocycles. The number of primary amides is 1. The number of hydrogen-bond donors (Lipinski definition) is 1. The van der Waals surface area contributed by atoms with Crippen LogP contribution in [0, 0.1) is 17.8 Å². The summed E-state index contributed by atoms with van der Waals surface area (Å²) in [5.74, 6) is 0.162. The van der Waals surface area contributed by atoms with Crippen LogP contribution >= 0.6 is 11.6 Å². The number of rotatable bonds is 3. The van der Waals surface area contributed by atoms with Gasteiger partial charge in [0.1, 0.15) is 17.9 Å². The summed E-state index contributed by atoms with van der Waals surface area (Å²) in [7, 11) is 1.81. The van der Waals surface area contributed by atoms with Crippen molar-refractivity contribution in [1.82, 2.24) is 4.90 Å². The van der Waals surface area contributed by atoms with Gasteiger partial charge in [0.15, 0.2) is 0 Å². The molecule has 1 aliphatic rings. The number of nitrogens with zero attached hydrogens (tertiary/aromatic N) is 2. The van der Waals surface area contributed by atoms with Crippen molar-refractivity contribution in [1.29, 1.82) is 5.26 Å². The maximum absolute atomic E-state index is 11.2. The summed E-state index contributed by atoms with van der Waals surface area (Å²) in [4.78, 5) is 13.0. The molecule has 6 heteroatoms. The highest BCUT2D eigenvalue weighted by molar-refractivity contribution is 6.31. The molecule has 1 saturated heterocycles. The van der Waals surface area contributed by atoms with E-state index in [0.29, 0.717) is 22.9 Å². The van der Waals surface area contributed by atoms with E-state index < -0.39 is 11.9 Å². The molecule has 2 rings (SSSR count). The van der Waals surface area contributed by atoms with Crippen molar-refractivity contribution in [3.8, 4) is 11.8 Å². The lowest BCUT2D eigenvalue weighted by Crippen LogP contribution is -2.37. The third kappa shape index (κ3) is 2.98. The number of hydrogen-bond acceptors (Lipinski definition) is 4. The second-order valence-corrected chi connectivity index (χ2v) is 4.80. The fourth-order valence-electron chi connectivity index (χ4n) is 2.03. The number of carbonyl (C=O) groups is 1. The lowest BCUT2D eigenvalue weighted by Gasteiger charge is -2.14. The zero-order valence-corrected chi connectivity index (χ0v) is 11.1. The molecule has 0 aromatic heterocycles. The lowest BCUT2D eigenvalue weighted by molar-refractivity contribution is -0.120. The SMILES string of the molecule is CN1CC(Oc2ccc(C#N)c(Cl)c2)[CH]C1C(N)=O. The van der Waals surface area contributed by atoms with Crippen LogP contribution in [0.5, 0.6) is 5.75 Å². The minimum absolute atomic E-state index is 0.230. The second-order valence-electron chi connectivity index (χ2n) is 4.39. The minimum Gasteiger partial charge on any atom is -0.489 e. The standard InChI is InChI=1S/C13H13ClN3O2/c1-17-7-10(5-12(17)13(16)18)19-9-3-2-8(6-15)11(14)4-9/h2-5,10,12H,7H2,1H3,(H2,16,18). The van der Waals surface area contributed by atoms with Crippen LogP contribution in [0.15, 0.2) is 18.2 Å². The average Bonchev–Trinajstić information content (AvgIpc) is 2.70. The van der Waals surface area contributed by atoms with Crippen LogP contribution in [0.4, 0.5) is 0 Å². The predicted molar refractivity (Wildman–Crippen MR) is 70.5 cm³/mol. The summed E-state index contributed by atoms with van der Waals surface area (Å²) >= 11 is 5.93. The molecule has 1 radical (unpaired) electrons. The summed E-state index contributed by atoms with van der Waals surface area (Å²) in [6, 6.07) is 6.43. The van der Waals surface area contributed by atoms with E-state index in [1.54, 1.807) is 31.7 Å². The van der Waals surface area contributed by atoms with Crippen LogP contribution in [-0.2, 0) is 4.79 Å². The highest BCUT2D eigenvalue weighted by atomic mass is 35.5. The van der Waals surface area contributed by atoms with Crippen LogP contribution in [0.25, 0.3) is 0 Å². The Hall–Kier alpha value is -1.77. The summed E-state index contributed by atoms with van der Waals surface area (Å²) in [5, 5.41) is 9.13. The summed E-state index contributed by atoms with van der Waals surface area (Å²) < 4.78 is 5.71. The van der Waals surface area contributed by atoms with E-state index in [0.717, 1.165) is 0 Å². The van der Waals surface area contributed by atoms with Gasteiger partial charge in [-0.3, -0.25) is 9.69 Å². The first-order valence-electron chi connectivity index (χ1n) is 5.72. The molecule has 2 N–H and O–H groups in total. The van der Waals surface area contributed by atoms with Crippen molar-refractivity contribution in [3.05, 3.63) is 35.2 Å². The van der Waals surface area contributed by atoms with Crippen LogP contribution in [0.3, 0.4) is 0 Å². The maximum Gasteiger partial charge on any atom is 0.235 e. The monoisotopic (exact) mass is 278 g/mol. The van der Waals surface area contributed by atoms with Gasteiger partial charge in [0, 0.05) is 19.0 Å². The van der Waals surface area contributed by atoms with Crippen LogP contribution in [0.1, 0.15) is 5.56 Å². The molecular formula is C13H13ClN3O2. The molecule has 2 atom stereocenters. The van der Waals surface area contributed by atoms with Crippen molar-refractivity contribution in [2.75, 3.05) is 13.6 Å². The Kier molecular flexibility index (Phi) is 3.93. The molecule has 19 heavy (non-hydrogen) atoms. The Morgan fingerprint density at radius 3 is 2.89 bits per heavy atom. The van der Waals surface area contributed by atoms with Gasteiger partial charge in [-0.1, -0.05) is 11.6 Å². The van der Waals surface area contributed by atoms with Gasteiger partial charge in [0.2, 0.25) is 5.91 Å². The average molecular weight is 279 g/mol. The zero-order valence-electron chi connectivity index (χ0n) is 10.3. The van der Waals surface area contributed by atoms with Crippen molar-refractivity contribution < 1.29 is 9.53 Å². The highest BCUT2D eigenvalue weighted by Gasteiger charge is 2.34. The van der Waals surface area contributed by atoms with E-state index in [1.165, 1.54) is 0 Å². The van der Waals surface area contributed by atoms with E-state index in [9.17, 15) is 4.79 Å². The van der Waals surface area contributed by atoms with Crippen LogP contribution < -0.4 is 10.5 Å². The Morgan fingerprint density at radius 2 is 2.37 bits per heavy atom. The fraction of sp³-hybridized carbons (Fsp3) is 0.308. The van der Waals surface area contributed by atoms with Crippen molar-refractivity contribution in [2.45, 2.75) is 12.1 Å². The van der Waals surface area contributed by atoms with Gasteiger partial charge in [-0.05, 0) is 19.2 Å². The quantitative estimate of drug-likeness (QED) is 0.893. The summed E-state index contributed by atoms with van der Waals surface area (Å²) in [6.45, 7) is 0.575. The molecule has 0 saturated carbocycles. The number of benzene rings is 1. The number of likely N-dealkylation sites (N-methyl/N-ethyl adjacent to an activating group) is 1. The molecular weight excluding hydrogens is 266 g/mol. The smallest absolute Gasteiger partial charge is 0.235 e.